The van der Waals surface area contributed by atoms with E-state index in [1.54, 1.807) is 7.11 Å². The average Bonchev–Trinajstić information content (AvgIpc) is 2.82. The maximum absolute atomic E-state index is 11.0. The molecule has 0 fully saturated rings. The summed E-state index contributed by atoms with van der Waals surface area (Å²) in [6.07, 6.45) is 0. The highest BCUT2D eigenvalue weighted by Gasteiger charge is 2.16. The number of benzene rings is 1. The fourth-order valence-corrected chi connectivity index (χ4v) is 2.13. The highest BCUT2D eigenvalue weighted by atomic mass is 16.5. The van der Waals surface area contributed by atoms with Gasteiger partial charge in [0.15, 0.2) is 0 Å². The summed E-state index contributed by atoms with van der Waals surface area (Å²) in [4.78, 5) is 11.0. The van der Waals surface area contributed by atoms with E-state index >= 15 is 0 Å². The lowest BCUT2D eigenvalue weighted by Crippen LogP contribution is -2.05. The van der Waals surface area contributed by atoms with Gasteiger partial charge in [0.05, 0.1) is 7.11 Å². The third-order valence-corrected chi connectivity index (χ3v) is 3.17. The quantitative estimate of drug-likeness (QED) is 0.931. The van der Waals surface area contributed by atoms with E-state index in [0.717, 1.165) is 28.0 Å². The highest BCUT2D eigenvalue weighted by molar-refractivity contribution is 5.86. The van der Waals surface area contributed by atoms with E-state index in [-0.39, 0.29) is 11.9 Å². The van der Waals surface area contributed by atoms with Crippen molar-refractivity contribution in [1.82, 2.24) is 10.2 Å². The van der Waals surface area contributed by atoms with Crippen LogP contribution in [0.5, 0.6) is 5.75 Å². The number of carbonyl (C=O) groups is 1. The van der Waals surface area contributed by atoms with Gasteiger partial charge in [-0.15, -0.1) is 5.10 Å². The molecule has 1 aromatic carbocycles. The van der Waals surface area contributed by atoms with Crippen molar-refractivity contribution in [3.8, 4) is 17.2 Å². The molecule has 6 nitrogen and oxygen atoms in total. The molecule has 0 unspecified atom stereocenters. The molecule has 2 aromatic rings. The van der Waals surface area contributed by atoms with E-state index in [2.05, 4.69) is 15.5 Å². The predicted octanol–water partition coefficient (Wildman–Crippen LogP) is 2.63. The number of methoxy groups -OCH3 is 1. The lowest BCUT2D eigenvalue weighted by atomic mass is 9.98. The smallest absolute Gasteiger partial charge is 0.322 e. The summed E-state index contributed by atoms with van der Waals surface area (Å²) in [7, 11) is 1.65. The second kappa shape index (κ2) is 5.32. The van der Waals surface area contributed by atoms with Crippen LogP contribution < -0.4 is 10.1 Å². The van der Waals surface area contributed by atoms with Gasteiger partial charge in [0.1, 0.15) is 5.75 Å². The molecular formula is C14H17N3O3. The third-order valence-electron chi connectivity index (χ3n) is 3.17. The van der Waals surface area contributed by atoms with Gasteiger partial charge in [-0.25, -0.2) is 0 Å². The van der Waals surface area contributed by atoms with Crippen molar-refractivity contribution in [1.29, 1.82) is 0 Å². The number of nitrogens with one attached hydrogen (secondary N) is 1. The zero-order chi connectivity index (χ0) is 14.9. The van der Waals surface area contributed by atoms with Crippen molar-refractivity contribution < 1.29 is 13.9 Å². The Kier molecular flexibility index (Phi) is 3.74. The summed E-state index contributed by atoms with van der Waals surface area (Å²) in [6.45, 7) is 7.29. The van der Waals surface area contributed by atoms with Crippen molar-refractivity contribution in [3.63, 3.8) is 0 Å². The molecule has 1 heterocycles. The molecule has 0 bridgehead atoms. The third kappa shape index (κ3) is 2.49. The van der Waals surface area contributed by atoms with Crippen molar-refractivity contribution in [2.75, 3.05) is 12.4 Å². The van der Waals surface area contributed by atoms with E-state index in [0.29, 0.717) is 5.89 Å². The Morgan fingerprint density at radius 3 is 2.55 bits per heavy atom. The van der Waals surface area contributed by atoms with Gasteiger partial charge in [-0.05, 0) is 43.5 Å². The van der Waals surface area contributed by atoms with Crippen LogP contribution in [0.4, 0.5) is 6.01 Å². The largest absolute Gasteiger partial charge is 0.496 e. The number of rotatable bonds is 3. The highest BCUT2D eigenvalue weighted by Crippen LogP contribution is 2.33. The van der Waals surface area contributed by atoms with Gasteiger partial charge in [-0.1, -0.05) is 5.10 Å². The zero-order valence-corrected chi connectivity index (χ0v) is 12.2. The Hall–Kier alpha value is -2.37. The van der Waals surface area contributed by atoms with Crippen molar-refractivity contribution in [2.45, 2.75) is 27.7 Å². The normalized spacial score (nSPS) is 10.4. The fourth-order valence-electron chi connectivity index (χ4n) is 2.13. The summed E-state index contributed by atoms with van der Waals surface area (Å²) >= 11 is 0. The summed E-state index contributed by atoms with van der Waals surface area (Å²) < 4.78 is 10.8. The van der Waals surface area contributed by atoms with E-state index in [4.69, 9.17) is 9.15 Å². The van der Waals surface area contributed by atoms with Crippen LogP contribution in [-0.4, -0.2) is 23.2 Å². The van der Waals surface area contributed by atoms with Crippen LogP contribution in [0, 0.1) is 20.8 Å². The van der Waals surface area contributed by atoms with Crippen LogP contribution in [0.1, 0.15) is 23.6 Å². The lowest BCUT2D eigenvalue weighted by Gasteiger charge is -2.13. The van der Waals surface area contributed by atoms with E-state index in [1.165, 1.54) is 6.92 Å². The molecule has 0 saturated heterocycles. The van der Waals surface area contributed by atoms with E-state index < -0.39 is 0 Å². The first kappa shape index (κ1) is 14.0. The van der Waals surface area contributed by atoms with Crippen LogP contribution in [0.3, 0.4) is 0 Å². The van der Waals surface area contributed by atoms with E-state index in [9.17, 15) is 4.79 Å². The van der Waals surface area contributed by atoms with Crippen LogP contribution in [0.25, 0.3) is 11.5 Å². The lowest BCUT2D eigenvalue weighted by molar-refractivity contribution is -0.114. The molecule has 0 saturated carbocycles. The number of hydrogen-bond acceptors (Lipinski definition) is 5. The minimum atomic E-state index is -0.251. The molecule has 1 amide bonds. The average molecular weight is 275 g/mol. The minimum Gasteiger partial charge on any atom is -0.496 e. The monoisotopic (exact) mass is 275 g/mol. The van der Waals surface area contributed by atoms with Crippen molar-refractivity contribution in [2.24, 2.45) is 0 Å². The van der Waals surface area contributed by atoms with Gasteiger partial charge in [0, 0.05) is 12.5 Å². The molecule has 0 aliphatic rings. The first-order valence-electron chi connectivity index (χ1n) is 6.20. The van der Waals surface area contributed by atoms with Crippen LogP contribution in [0.15, 0.2) is 10.5 Å². The maximum atomic E-state index is 11.0. The Labute approximate surface area is 117 Å². The van der Waals surface area contributed by atoms with Gasteiger partial charge in [0.25, 0.3) is 0 Å². The number of hydrogen-bond donors (Lipinski definition) is 1. The van der Waals surface area contributed by atoms with Crippen molar-refractivity contribution >= 4 is 11.9 Å². The second-order valence-corrected chi connectivity index (χ2v) is 4.62. The number of amides is 1. The number of nitrogens with zero attached hydrogens (tertiary/aromatic N) is 2. The van der Waals surface area contributed by atoms with Crippen molar-refractivity contribution in [3.05, 3.63) is 22.8 Å². The number of anilines is 1. The number of carbonyl (C=O) groups excluding carboxylic acids is 1. The number of ether oxygens (including phenoxy) is 1. The Bertz CT molecular complexity index is 662. The minimum absolute atomic E-state index is 0.0954. The molecule has 2 rings (SSSR count). The van der Waals surface area contributed by atoms with Gasteiger partial charge < -0.3 is 9.15 Å². The standard InChI is InChI=1S/C14H17N3O3/c1-7-6-11(8(2)9(3)12(7)19-5)13-16-17-14(20-13)15-10(4)18/h6H,1-5H3,(H,15,17,18). The molecule has 0 aliphatic heterocycles. The Morgan fingerprint density at radius 2 is 1.95 bits per heavy atom. The Balaban J connectivity index is 2.48. The first-order valence-corrected chi connectivity index (χ1v) is 6.20. The van der Waals surface area contributed by atoms with Crippen LogP contribution in [-0.2, 0) is 4.79 Å². The molecule has 20 heavy (non-hydrogen) atoms. The number of aromatic nitrogens is 2. The zero-order valence-electron chi connectivity index (χ0n) is 12.2. The maximum Gasteiger partial charge on any atom is 0.322 e. The predicted molar refractivity (Wildman–Crippen MR) is 74.8 cm³/mol. The summed E-state index contributed by atoms with van der Waals surface area (Å²) in [6, 6.07) is 2.03. The first-order chi connectivity index (χ1) is 9.43. The van der Waals surface area contributed by atoms with Crippen LogP contribution in [0.2, 0.25) is 0 Å². The molecule has 0 atom stereocenters. The second-order valence-electron chi connectivity index (χ2n) is 4.62. The van der Waals surface area contributed by atoms with Gasteiger partial charge in [0.2, 0.25) is 11.8 Å². The molecular weight excluding hydrogens is 258 g/mol. The molecule has 0 aliphatic carbocycles. The summed E-state index contributed by atoms with van der Waals surface area (Å²) in [5, 5.41) is 10.2. The van der Waals surface area contributed by atoms with Gasteiger partial charge in [-0.3, -0.25) is 10.1 Å². The molecule has 6 heteroatoms. The van der Waals surface area contributed by atoms with Gasteiger partial charge in [-0.2, -0.15) is 0 Å². The SMILES string of the molecule is COc1c(C)cc(-c2nnc(NC(C)=O)o2)c(C)c1C. The van der Waals surface area contributed by atoms with Gasteiger partial charge >= 0.3 is 6.01 Å². The molecule has 0 radical (unpaired) electrons. The van der Waals surface area contributed by atoms with Crippen LogP contribution >= 0.6 is 0 Å². The molecule has 0 spiro atoms. The molecule has 106 valence electrons. The van der Waals surface area contributed by atoms with E-state index in [1.807, 2.05) is 26.8 Å². The number of aryl methyl sites for hydroxylation is 1. The topological polar surface area (TPSA) is 77.3 Å². The summed E-state index contributed by atoms with van der Waals surface area (Å²) in [5.41, 5.74) is 3.86. The summed E-state index contributed by atoms with van der Waals surface area (Å²) in [5.74, 6) is 0.979. The Morgan fingerprint density at radius 1 is 1.25 bits per heavy atom. The fraction of sp³-hybridized carbons (Fsp3) is 0.357. The molecule has 1 N–H and O–H groups in total. The molecule has 1 aromatic heterocycles.